The lowest BCUT2D eigenvalue weighted by Crippen LogP contribution is -2.71. The van der Waals surface area contributed by atoms with Gasteiger partial charge in [-0.05, 0) is 31.9 Å². The monoisotopic (exact) mass is 510 g/mol. The first-order valence-electron chi connectivity index (χ1n) is 10.3. The van der Waals surface area contributed by atoms with E-state index in [9.17, 15) is 0 Å². The maximum atomic E-state index is 6.02. The fourth-order valence-corrected chi connectivity index (χ4v) is 4.54. The van der Waals surface area contributed by atoms with Crippen LogP contribution < -0.4 is 10.6 Å². The van der Waals surface area contributed by atoms with Crippen LogP contribution in [0.1, 0.15) is 39.3 Å². The highest BCUT2D eigenvalue weighted by atomic mass is 127. The van der Waals surface area contributed by atoms with Gasteiger partial charge in [0.1, 0.15) is 12.0 Å². The van der Waals surface area contributed by atoms with Gasteiger partial charge >= 0.3 is 0 Å². The Kier molecular flexibility index (Phi) is 7.21. The predicted octanol–water partition coefficient (Wildman–Crippen LogP) is 4.22. The van der Waals surface area contributed by atoms with Crippen LogP contribution in [0.2, 0.25) is 0 Å². The number of halogens is 1. The highest BCUT2D eigenvalue weighted by Crippen LogP contribution is 2.51. The second kappa shape index (κ2) is 9.47. The van der Waals surface area contributed by atoms with E-state index in [1.165, 1.54) is 6.42 Å². The summed E-state index contributed by atoms with van der Waals surface area (Å²) < 4.78 is 11.6. The molecule has 1 aliphatic carbocycles. The Labute approximate surface area is 189 Å². The highest BCUT2D eigenvalue weighted by molar-refractivity contribution is 14.0. The van der Waals surface area contributed by atoms with Gasteiger partial charge < -0.3 is 19.8 Å². The van der Waals surface area contributed by atoms with E-state index in [-0.39, 0.29) is 29.4 Å². The Morgan fingerprint density at radius 1 is 1.28 bits per heavy atom. The average molecular weight is 510 g/mol. The molecule has 2 aromatic rings. The van der Waals surface area contributed by atoms with Crippen molar-refractivity contribution in [1.82, 2.24) is 15.6 Å². The second-order valence-electron chi connectivity index (χ2n) is 8.25. The molecule has 0 spiro atoms. The normalized spacial score (nSPS) is 25.3. The lowest BCUT2D eigenvalue weighted by molar-refractivity contribution is -0.188. The third kappa shape index (κ3) is 4.60. The van der Waals surface area contributed by atoms with Crippen molar-refractivity contribution in [3.63, 3.8) is 0 Å². The van der Waals surface area contributed by atoms with Crippen LogP contribution in [0.3, 0.4) is 0 Å². The van der Waals surface area contributed by atoms with Gasteiger partial charge in [0.05, 0.1) is 12.6 Å². The van der Waals surface area contributed by atoms with Crippen LogP contribution in [0.5, 0.6) is 0 Å². The molecule has 0 amide bonds. The van der Waals surface area contributed by atoms with Crippen molar-refractivity contribution in [1.29, 1.82) is 0 Å². The van der Waals surface area contributed by atoms with Crippen molar-refractivity contribution in [3.05, 3.63) is 42.3 Å². The molecule has 7 heteroatoms. The van der Waals surface area contributed by atoms with E-state index in [1.54, 1.807) is 6.26 Å². The lowest BCUT2D eigenvalue weighted by atomic mass is 9.55. The van der Waals surface area contributed by atoms with E-state index in [1.807, 2.05) is 30.3 Å². The predicted molar refractivity (Wildman–Crippen MR) is 125 cm³/mol. The molecule has 1 saturated carbocycles. The van der Waals surface area contributed by atoms with Gasteiger partial charge in [-0.15, -0.1) is 24.0 Å². The molecular weight excluding hydrogens is 479 g/mol. The number of guanidine groups is 1. The maximum Gasteiger partial charge on any atom is 0.226 e. The third-order valence-electron chi connectivity index (χ3n) is 5.94. The lowest BCUT2D eigenvalue weighted by Gasteiger charge is -2.60. The summed E-state index contributed by atoms with van der Waals surface area (Å²) in [5.41, 5.74) is 1.90. The Morgan fingerprint density at radius 3 is 2.83 bits per heavy atom. The molecule has 1 aromatic carbocycles. The number of aliphatic imine (C=N–C) groups is 1. The molecule has 3 unspecified atom stereocenters. The average Bonchev–Trinajstić information content (AvgIpc) is 3.20. The molecule has 2 aliphatic rings. The minimum absolute atomic E-state index is 0. The smallest absolute Gasteiger partial charge is 0.226 e. The van der Waals surface area contributed by atoms with Crippen LogP contribution in [-0.4, -0.2) is 36.2 Å². The largest absolute Gasteiger partial charge is 0.444 e. The SMILES string of the molecule is CCNC(=NCc1coc(-c2ccccc2)n1)NC1C2CCCOC2C1(C)C.I. The van der Waals surface area contributed by atoms with Crippen molar-refractivity contribution < 1.29 is 9.15 Å². The third-order valence-corrected chi connectivity index (χ3v) is 5.94. The molecule has 2 N–H and O–H groups in total. The Bertz CT molecular complexity index is 821. The number of nitrogens with zero attached hydrogens (tertiary/aromatic N) is 2. The summed E-state index contributed by atoms with van der Waals surface area (Å²) in [4.78, 5) is 9.32. The van der Waals surface area contributed by atoms with Gasteiger partial charge in [0, 0.05) is 36.1 Å². The van der Waals surface area contributed by atoms with E-state index in [2.05, 4.69) is 36.4 Å². The van der Waals surface area contributed by atoms with Gasteiger partial charge in [-0.25, -0.2) is 9.98 Å². The molecular formula is C22H31IN4O2. The van der Waals surface area contributed by atoms with Gasteiger partial charge in [0.25, 0.3) is 0 Å². The first-order chi connectivity index (χ1) is 13.6. The van der Waals surface area contributed by atoms with Gasteiger partial charge in [-0.1, -0.05) is 32.0 Å². The zero-order chi connectivity index (χ0) is 19.6. The molecule has 0 radical (unpaired) electrons. The van der Waals surface area contributed by atoms with Crippen LogP contribution in [-0.2, 0) is 11.3 Å². The molecule has 0 bridgehead atoms. The summed E-state index contributed by atoms with van der Waals surface area (Å²) in [6.07, 6.45) is 4.40. The molecule has 158 valence electrons. The summed E-state index contributed by atoms with van der Waals surface area (Å²) in [6.45, 7) is 8.83. The molecule has 6 nitrogen and oxygen atoms in total. The molecule has 29 heavy (non-hydrogen) atoms. The quantitative estimate of drug-likeness (QED) is 0.358. The Morgan fingerprint density at radius 2 is 2.07 bits per heavy atom. The van der Waals surface area contributed by atoms with Crippen LogP contribution in [0.4, 0.5) is 0 Å². The van der Waals surface area contributed by atoms with E-state index in [0.29, 0.717) is 30.5 Å². The van der Waals surface area contributed by atoms with Crippen molar-refractivity contribution in [3.8, 4) is 11.5 Å². The number of hydrogen-bond acceptors (Lipinski definition) is 4. The van der Waals surface area contributed by atoms with E-state index in [4.69, 9.17) is 14.1 Å². The Hall–Kier alpha value is -1.61. The number of benzene rings is 1. The van der Waals surface area contributed by atoms with Gasteiger partial charge in [0.2, 0.25) is 5.89 Å². The van der Waals surface area contributed by atoms with Crippen molar-refractivity contribution in [2.24, 2.45) is 16.3 Å². The second-order valence-corrected chi connectivity index (χ2v) is 8.25. The van der Waals surface area contributed by atoms with Crippen LogP contribution >= 0.6 is 24.0 Å². The van der Waals surface area contributed by atoms with Gasteiger partial charge in [0.15, 0.2) is 5.96 Å². The maximum absolute atomic E-state index is 6.02. The van der Waals surface area contributed by atoms with Crippen molar-refractivity contribution >= 4 is 29.9 Å². The summed E-state index contributed by atoms with van der Waals surface area (Å²) in [5, 5.41) is 7.02. The molecule has 1 aliphatic heterocycles. The fourth-order valence-electron chi connectivity index (χ4n) is 4.54. The molecule has 1 saturated heterocycles. The molecule has 3 atom stereocenters. The first kappa shape index (κ1) is 22.1. The van der Waals surface area contributed by atoms with Crippen molar-refractivity contribution in [2.45, 2.75) is 52.3 Å². The summed E-state index contributed by atoms with van der Waals surface area (Å²) in [5.74, 6) is 2.02. The standard InChI is InChI=1S/C22H30N4O2.HI/c1-4-23-21(26-18-17-11-8-12-27-19(17)22(18,2)3)24-13-16-14-28-20(25-16)15-9-6-5-7-10-15;/h5-7,9-10,14,17-19H,4,8,11-13H2,1-3H3,(H2,23,24,26);1H. The number of nitrogens with one attached hydrogen (secondary N) is 2. The highest BCUT2D eigenvalue weighted by Gasteiger charge is 2.58. The number of hydrogen-bond donors (Lipinski definition) is 2. The van der Waals surface area contributed by atoms with Crippen LogP contribution in [0.25, 0.3) is 11.5 Å². The van der Waals surface area contributed by atoms with Crippen molar-refractivity contribution in [2.75, 3.05) is 13.2 Å². The van der Waals surface area contributed by atoms with E-state index < -0.39 is 0 Å². The zero-order valence-corrected chi connectivity index (χ0v) is 19.7. The number of fused-ring (bicyclic) bond motifs is 1. The van der Waals surface area contributed by atoms with Crippen LogP contribution in [0, 0.1) is 11.3 Å². The molecule has 4 rings (SSSR count). The summed E-state index contributed by atoms with van der Waals surface area (Å²) >= 11 is 0. The molecule has 1 aromatic heterocycles. The number of ether oxygens (including phenoxy) is 1. The summed E-state index contributed by atoms with van der Waals surface area (Å²) in [6, 6.07) is 10.3. The van der Waals surface area contributed by atoms with Gasteiger partial charge in [-0.2, -0.15) is 0 Å². The molecule has 2 fully saturated rings. The first-order valence-corrected chi connectivity index (χ1v) is 10.3. The number of rotatable bonds is 5. The minimum atomic E-state index is 0. The zero-order valence-electron chi connectivity index (χ0n) is 17.4. The van der Waals surface area contributed by atoms with E-state index >= 15 is 0 Å². The fraction of sp³-hybridized carbons (Fsp3) is 0.545. The number of oxazole rings is 1. The minimum Gasteiger partial charge on any atom is -0.444 e. The van der Waals surface area contributed by atoms with Crippen LogP contribution in [0.15, 0.2) is 46.0 Å². The topological polar surface area (TPSA) is 71.7 Å². The van der Waals surface area contributed by atoms with E-state index in [0.717, 1.165) is 36.8 Å². The summed E-state index contributed by atoms with van der Waals surface area (Å²) in [7, 11) is 0. The Balaban J connectivity index is 0.00000240. The van der Waals surface area contributed by atoms with Gasteiger partial charge in [-0.3, -0.25) is 0 Å². The molecule has 2 heterocycles. The number of aromatic nitrogens is 1.